The van der Waals surface area contributed by atoms with Crippen molar-refractivity contribution < 1.29 is 19.0 Å². The molecule has 0 unspecified atom stereocenters. The van der Waals surface area contributed by atoms with E-state index < -0.39 is 0 Å². The first-order chi connectivity index (χ1) is 12.6. The molecule has 2 aromatic rings. The van der Waals surface area contributed by atoms with Crippen LogP contribution in [0.5, 0.6) is 17.2 Å². The minimum absolute atomic E-state index is 0.191. The van der Waals surface area contributed by atoms with E-state index in [1.807, 2.05) is 24.3 Å². The van der Waals surface area contributed by atoms with Gasteiger partial charge in [-0.1, -0.05) is 23.7 Å². The summed E-state index contributed by atoms with van der Waals surface area (Å²) in [6.07, 6.45) is 3.84. The minimum atomic E-state index is -0.191. The number of carbonyl (C=O) groups excluding carboxylic acids is 1. The number of benzene rings is 2. The molecule has 0 aliphatic carbocycles. The summed E-state index contributed by atoms with van der Waals surface area (Å²) in [4.78, 5) is 12.0. The summed E-state index contributed by atoms with van der Waals surface area (Å²) in [7, 11) is 4.67. The lowest BCUT2D eigenvalue weighted by molar-refractivity contribution is -0.116. The fraction of sp³-hybridized carbons (Fsp3) is 0.250. The standard InChI is InChI=1S/C20H22ClNO4/c1-24-17-13-19(26-3)18(25-2)12-15(17)7-8-20(23)22-10-9-14-5-4-6-16(21)11-14/h4-8,11-13H,9-10H2,1-3H3,(H,22,23)/b8-7+. The lowest BCUT2D eigenvalue weighted by Gasteiger charge is -2.12. The number of halogens is 1. The van der Waals surface area contributed by atoms with Crippen molar-refractivity contribution in [2.24, 2.45) is 0 Å². The van der Waals surface area contributed by atoms with Gasteiger partial charge in [0, 0.05) is 29.3 Å². The van der Waals surface area contributed by atoms with Gasteiger partial charge >= 0.3 is 0 Å². The highest BCUT2D eigenvalue weighted by atomic mass is 35.5. The van der Waals surface area contributed by atoms with Crippen LogP contribution in [0.2, 0.25) is 5.02 Å². The Labute approximate surface area is 158 Å². The summed E-state index contributed by atoms with van der Waals surface area (Å²) in [5.74, 6) is 1.52. The minimum Gasteiger partial charge on any atom is -0.496 e. The molecule has 0 spiro atoms. The molecule has 6 heteroatoms. The molecular formula is C20H22ClNO4. The highest BCUT2D eigenvalue weighted by Crippen LogP contribution is 2.35. The molecule has 0 fully saturated rings. The van der Waals surface area contributed by atoms with Gasteiger partial charge in [0.15, 0.2) is 11.5 Å². The summed E-state index contributed by atoms with van der Waals surface area (Å²) >= 11 is 5.95. The van der Waals surface area contributed by atoms with Crippen LogP contribution >= 0.6 is 11.6 Å². The summed E-state index contributed by atoms with van der Waals surface area (Å²) in [6.45, 7) is 0.520. The number of carbonyl (C=O) groups is 1. The molecule has 1 N–H and O–H groups in total. The first kappa shape index (κ1) is 19.7. The second-order valence-electron chi connectivity index (χ2n) is 5.45. The smallest absolute Gasteiger partial charge is 0.244 e. The van der Waals surface area contributed by atoms with Gasteiger partial charge in [-0.05, 0) is 36.3 Å². The van der Waals surface area contributed by atoms with Crippen molar-refractivity contribution in [2.75, 3.05) is 27.9 Å². The number of methoxy groups -OCH3 is 3. The van der Waals surface area contributed by atoms with Gasteiger partial charge in [0.2, 0.25) is 5.91 Å². The highest BCUT2D eigenvalue weighted by molar-refractivity contribution is 6.30. The van der Waals surface area contributed by atoms with Crippen molar-refractivity contribution in [1.29, 1.82) is 0 Å². The van der Waals surface area contributed by atoms with Crippen molar-refractivity contribution >= 4 is 23.6 Å². The van der Waals surface area contributed by atoms with Crippen LogP contribution in [0, 0.1) is 0 Å². The molecule has 5 nitrogen and oxygen atoms in total. The zero-order chi connectivity index (χ0) is 18.9. The van der Waals surface area contributed by atoms with Crippen molar-refractivity contribution in [1.82, 2.24) is 5.32 Å². The molecule has 0 aliphatic rings. The highest BCUT2D eigenvalue weighted by Gasteiger charge is 2.10. The van der Waals surface area contributed by atoms with Gasteiger partial charge in [0.05, 0.1) is 21.3 Å². The van der Waals surface area contributed by atoms with E-state index >= 15 is 0 Å². The fourth-order valence-electron chi connectivity index (χ4n) is 2.43. The molecule has 26 heavy (non-hydrogen) atoms. The van der Waals surface area contributed by atoms with Crippen LogP contribution in [0.4, 0.5) is 0 Å². The van der Waals surface area contributed by atoms with Crippen LogP contribution in [0.15, 0.2) is 42.5 Å². The van der Waals surface area contributed by atoms with E-state index in [-0.39, 0.29) is 5.91 Å². The number of hydrogen-bond acceptors (Lipinski definition) is 4. The maximum Gasteiger partial charge on any atom is 0.244 e. The molecule has 0 heterocycles. The Morgan fingerprint density at radius 3 is 2.38 bits per heavy atom. The quantitative estimate of drug-likeness (QED) is 0.714. The second-order valence-corrected chi connectivity index (χ2v) is 5.89. The van der Waals surface area contributed by atoms with E-state index in [4.69, 9.17) is 25.8 Å². The maximum atomic E-state index is 12.0. The van der Waals surface area contributed by atoms with Crippen LogP contribution in [0.25, 0.3) is 6.08 Å². The largest absolute Gasteiger partial charge is 0.496 e. The lowest BCUT2D eigenvalue weighted by Crippen LogP contribution is -2.23. The van der Waals surface area contributed by atoms with Crippen LogP contribution in [-0.2, 0) is 11.2 Å². The van der Waals surface area contributed by atoms with Crippen molar-refractivity contribution in [2.45, 2.75) is 6.42 Å². The molecule has 0 atom stereocenters. The first-order valence-corrected chi connectivity index (χ1v) is 8.45. The molecule has 2 aromatic carbocycles. The molecule has 1 amide bonds. The van der Waals surface area contributed by atoms with Gasteiger partial charge in [-0.25, -0.2) is 0 Å². The Balaban J connectivity index is 1.98. The molecule has 0 aromatic heterocycles. The van der Waals surface area contributed by atoms with E-state index in [9.17, 15) is 4.79 Å². The Hall–Kier alpha value is -2.66. The number of ether oxygens (including phenoxy) is 3. The molecule has 0 radical (unpaired) electrons. The third kappa shape index (κ3) is 5.43. The van der Waals surface area contributed by atoms with E-state index in [1.54, 1.807) is 39.5 Å². The fourth-order valence-corrected chi connectivity index (χ4v) is 2.64. The average molecular weight is 376 g/mol. The van der Waals surface area contributed by atoms with E-state index in [1.165, 1.54) is 6.08 Å². The van der Waals surface area contributed by atoms with Crippen LogP contribution in [0.1, 0.15) is 11.1 Å². The maximum absolute atomic E-state index is 12.0. The number of hydrogen-bond donors (Lipinski definition) is 1. The molecule has 2 rings (SSSR count). The van der Waals surface area contributed by atoms with Crippen molar-refractivity contribution in [3.8, 4) is 17.2 Å². The summed E-state index contributed by atoms with van der Waals surface area (Å²) in [6, 6.07) is 11.1. The second kappa shape index (κ2) is 9.73. The van der Waals surface area contributed by atoms with Crippen molar-refractivity contribution in [3.05, 3.63) is 58.6 Å². The molecule has 0 saturated heterocycles. The van der Waals surface area contributed by atoms with Gasteiger partial charge < -0.3 is 19.5 Å². The topological polar surface area (TPSA) is 56.8 Å². The predicted octanol–water partition coefficient (Wildman–Crippen LogP) is 3.74. The van der Waals surface area contributed by atoms with Crippen LogP contribution in [0.3, 0.4) is 0 Å². The Kier molecular flexibility index (Phi) is 7.36. The van der Waals surface area contributed by atoms with E-state index in [0.29, 0.717) is 35.2 Å². The van der Waals surface area contributed by atoms with Gasteiger partial charge in [-0.15, -0.1) is 0 Å². The third-order valence-electron chi connectivity index (χ3n) is 3.75. The van der Waals surface area contributed by atoms with E-state index in [2.05, 4.69) is 5.32 Å². The van der Waals surface area contributed by atoms with Gasteiger partial charge in [0.25, 0.3) is 0 Å². The van der Waals surface area contributed by atoms with Crippen LogP contribution in [-0.4, -0.2) is 33.8 Å². The third-order valence-corrected chi connectivity index (χ3v) is 3.99. The van der Waals surface area contributed by atoms with Crippen LogP contribution < -0.4 is 19.5 Å². The number of nitrogens with one attached hydrogen (secondary N) is 1. The number of rotatable bonds is 8. The summed E-state index contributed by atoms with van der Waals surface area (Å²) in [5.41, 5.74) is 1.79. The van der Waals surface area contributed by atoms with E-state index in [0.717, 1.165) is 11.1 Å². The molecule has 0 aliphatic heterocycles. The lowest BCUT2D eigenvalue weighted by atomic mass is 10.1. The predicted molar refractivity (Wildman–Crippen MR) is 103 cm³/mol. The number of amides is 1. The molecule has 0 bridgehead atoms. The first-order valence-electron chi connectivity index (χ1n) is 8.07. The molecule has 0 saturated carbocycles. The zero-order valence-electron chi connectivity index (χ0n) is 15.0. The average Bonchev–Trinajstić information content (AvgIpc) is 2.65. The summed E-state index contributed by atoms with van der Waals surface area (Å²) < 4.78 is 15.9. The Morgan fingerprint density at radius 1 is 1.04 bits per heavy atom. The SMILES string of the molecule is COc1cc(OC)c(OC)cc1/C=C/C(=O)NCCc1cccc(Cl)c1. The summed E-state index contributed by atoms with van der Waals surface area (Å²) in [5, 5.41) is 3.53. The zero-order valence-corrected chi connectivity index (χ0v) is 15.8. The van der Waals surface area contributed by atoms with Gasteiger partial charge in [-0.2, -0.15) is 0 Å². The van der Waals surface area contributed by atoms with Crippen molar-refractivity contribution in [3.63, 3.8) is 0 Å². The Bertz CT molecular complexity index is 789. The van der Waals surface area contributed by atoms with Gasteiger partial charge in [-0.3, -0.25) is 4.79 Å². The molecular weight excluding hydrogens is 354 g/mol. The van der Waals surface area contributed by atoms with Gasteiger partial charge in [0.1, 0.15) is 5.75 Å². The Morgan fingerprint density at radius 2 is 1.73 bits per heavy atom. The monoisotopic (exact) mass is 375 g/mol. The normalized spacial score (nSPS) is 10.6. The molecule has 138 valence electrons.